The van der Waals surface area contributed by atoms with Gasteiger partial charge >= 0.3 is 0 Å². The SMILES string of the molecule is BC#CC(C)(C)CC(C)(C)OC. The lowest BCUT2D eigenvalue weighted by molar-refractivity contribution is -0.00303. The van der Waals surface area contributed by atoms with Crippen molar-refractivity contribution in [1.82, 2.24) is 0 Å². The van der Waals surface area contributed by atoms with Crippen LogP contribution in [0.25, 0.3) is 0 Å². The third-order valence-electron chi connectivity index (χ3n) is 1.88. The van der Waals surface area contributed by atoms with Gasteiger partial charge in [0.15, 0.2) is 7.85 Å². The van der Waals surface area contributed by atoms with Crippen LogP contribution in [-0.4, -0.2) is 20.6 Å². The van der Waals surface area contributed by atoms with Crippen LogP contribution in [0.4, 0.5) is 0 Å². The maximum atomic E-state index is 5.35. The van der Waals surface area contributed by atoms with Crippen molar-refractivity contribution >= 4 is 7.85 Å². The normalized spacial score (nSPS) is 12.1. The predicted molar refractivity (Wildman–Crippen MR) is 55.8 cm³/mol. The zero-order valence-electron chi connectivity index (χ0n) is 9.12. The first-order valence-electron chi connectivity index (χ1n) is 4.32. The average molecular weight is 166 g/mol. The summed E-state index contributed by atoms with van der Waals surface area (Å²) in [5.41, 5.74) is -0.0262. The van der Waals surface area contributed by atoms with Crippen LogP contribution in [-0.2, 0) is 4.74 Å². The fourth-order valence-electron chi connectivity index (χ4n) is 1.52. The molecule has 0 atom stereocenters. The van der Waals surface area contributed by atoms with Crippen LogP contribution in [0.3, 0.4) is 0 Å². The van der Waals surface area contributed by atoms with Crippen LogP contribution in [0.1, 0.15) is 34.1 Å². The van der Waals surface area contributed by atoms with Gasteiger partial charge < -0.3 is 4.74 Å². The highest BCUT2D eigenvalue weighted by Crippen LogP contribution is 2.28. The van der Waals surface area contributed by atoms with E-state index in [-0.39, 0.29) is 11.0 Å². The molecule has 0 N–H and O–H groups in total. The molecule has 0 aliphatic carbocycles. The average Bonchev–Trinajstić information content (AvgIpc) is 1.85. The fraction of sp³-hybridized carbons (Fsp3) is 0.800. The molecule has 0 aromatic rings. The van der Waals surface area contributed by atoms with Gasteiger partial charge in [-0.2, -0.15) is 5.82 Å². The molecule has 0 rings (SSSR count). The van der Waals surface area contributed by atoms with Crippen molar-refractivity contribution in [3.05, 3.63) is 0 Å². The highest BCUT2D eigenvalue weighted by Gasteiger charge is 2.26. The lowest BCUT2D eigenvalue weighted by Crippen LogP contribution is -2.29. The Balaban J connectivity index is 4.30. The van der Waals surface area contributed by atoms with E-state index in [0.717, 1.165) is 6.42 Å². The molecule has 0 spiro atoms. The van der Waals surface area contributed by atoms with Crippen molar-refractivity contribution in [1.29, 1.82) is 0 Å². The standard InChI is InChI=1S/C10H19BO/c1-9(2,6-7-11)8-10(3,4)12-5/h8,11H2,1-5H3. The molecule has 0 saturated carbocycles. The summed E-state index contributed by atoms with van der Waals surface area (Å²) in [4.78, 5) is 0. The molecule has 1 nitrogen and oxygen atoms in total. The molecule has 68 valence electrons. The summed E-state index contributed by atoms with van der Waals surface area (Å²) in [6, 6.07) is 0. The number of rotatable bonds is 3. The van der Waals surface area contributed by atoms with E-state index in [4.69, 9.17) is 4.74 Å². The number of methoxy groups -OCH3 is 1. The van der Waals surface area contributed by atoms with E-state index in [9.17, 15) is 0 Å². The Morgan fingerprint density at radius 2 is 1.75 bits per heavy atom. The Morgan fingerprint density at radius 3 is 2.08 bits per heavy atom. The van der Waals surface area contributed by atoms with Crippen molar-refractivity contribution in [2.45, 2.75) is 39.7 Å². The van der Waals surface area contributed by atoms with Crippen LogP contribution >= 0.6 is 0 Å². The van der Waals surface area contributed by atoms with E-state index in [1.54, 1.807) is 7.11 Å². The van der Waals surface area contributed by atoms with Crippen molar-refractivity contribution < 1.29 is 4.74 Å². The summed E-state index contributed by atoms with van der Waals surface area (Å²) in [7, 11) is 3.62. The van der Waals surface area contributed by atoms with E-state index in [0.29, 0.717) is 0 Å². The van der Waals surface area contributed by atoms with Gasteiger partial charge in [-0.25, -0.2) is 0 Å². The zero-order chi connectivity index (χ0) is 9.83. The number of hydrogen-bond donors (Lipinski definition) is 0. The Morgan fingerprint density at radius 1 is 1.25 bits per heavy atom. The molecule has 0 heterocycles. The third-order valence-corrected chi connectivity index (χ3v) is 1.88. The third kappa shape index (κ3) is 4.46. The Hall–Kier alpha value is -0.415. The second-order valence-electron chi connectivity index (χ2n) is 4.40. The minimum atomic E-state index is -0.0760. The molecule has 0 fully saturated rings. The predicted octanol–water partition coefficient (Wildman–Crippen LogP) is 1.42. The van der Waals surface area contributed by atoms with Crippen LogP contribution in [0.5, 0.6) is 0 Å². The first kappa shape index (κ1) is 11.6. The summed E-state index contributed by atoms with van der Waals surface area (Å²) >= 11 is 0. The lowest BCUT2D eigenvalue weighted by atomic mass is 9.81. The molecule has 0 aromatic carbocycles. The van der Waals surface area contributed by atoms with E-state index in [1.807, 2.05) is 7.85 Å². The number of ether oxygens (including phenoxy) is 1. The molecule has 0 aliphatic rings. The van der Waals surface area contributed by atoms with Gasteiger partial charge in [0.2, 0.25) is 0 Å². The minimum absolute atomic E-state index is 0.0499. The second kappa shape index (κ2) is 4.00. The van der Waals surface area contributed by atoms with E-state index in [2.05, 4.69) is 39.4 Å². The van der Waals surface area contributed by atoms with Gasteiger partial charge in [-0.3, -0.25) is 0 Å². The molecule has 0 bridgehead atoms. The smallest absolute Gasteiger partial charge is 0.195 e. The zero-order valence-corrected chi connectivity index (χ0v) is 9.12. The molecule has 0 saturated heterocycles. The van der Waals surface area contributed by atoms with Crippen molar-refractivity contribution in [2.24, 2.45) is 5.41 Å². The van der Waals surface area contributed by atoms with Crippen molar-refractivity contribution in [2.75, 3.05) is 7.11 Å². The van der Waals surface area contributed by atoms with E-state index < -0.39 is 0 Å². The van der Waals surface area contributed by atoms with Crippen LogP contribution in [0, 0.1) is 17.2 Å². The van der Waals surface area contributed by atoms with Gasteiger partial charge in [0.1, 0.15) is 0 Å². The monoisotopic (exact) mass is 166 g/mol. The van der Waals surface area contributed by atoms with Crippen LogP contribution in [0.15, 0.2) is 0 Å². The molecular weight excluding hydrogens is 147 g/mol. The Bertz CT molecular complexity index is 196. The summed E-state index contributed by atoms with van der Waals surface area (Å²) < 4.78 is 5.35. The molecule has 0 radical (unpaired) electrons. The lowest BCUT2D eigenvalue weighted by Gasteiger charge is -2.30. The maximum absolute atomic E-state index is 5.35. The van der Waals surface area contributed by atoms with Gasteiger partial charge in [0.05, 0.1) is 5.60 Å². The molecule has 0 unspecified atom stereocenters. The van der Waals surface area contributed by atoms with Gasteiger partial charge in [-0.05, 0) is 34.1 Å². The van der Waals surface area contributed by atoms with Gasteiger partial charge in [-0.15, -0.1) is 5.92 Å². The first-order valence-corrected chi connectivity index (χ1v) is 4.32. The highest BCUT2D eigenvalue weighted by atomic mass is 16.5. The molecule has 0 aromatic heterocycles. The Labute approximate surface area is 77.3 Å². The molecule has 2 heteroatoms. The highest BCUT2D eigenvalue weighted by molar-refractivity contribution is 6.22. The van der Waals surface area contributed by atoms with E-state index in [1.165, 1.54) is 0 Å². The van der Waals surface area contributed by atoms with Crippen molar-refractivity contribution in [3.8, 4) is 11.7 Å². The molecular formula is C10H19BO. The summed E-state index contributed by atoms with van der Waals surface area (Å²) in [6.45, 7) is 8.46. The summed E-state index contributed by atoms with van der Waals surface area (Å²) in [5, 5.41) is 0. The molecule has 0 amide bonds. The van der Waals surface area contributed by atoms with Crippen LogP contribution in [0.2, 0.25) is 0 Å². The first-order chi connectivity index (χ1) is 5.33. The largest absolute Gasteiger partial charge is 0.379 e. The van der Waals surface area contributed by atoms with Crippen LogP contribution < -0.4 is 0 Å². The molecule has 0 aliphatic heterocycles. The molecule has 12 heavy (non-hydrogen) atoms. The maximum Gasteiger partial charge on any atom is 0.195 e. The topological polar surface area (TPSA) is 9.23 Å². The fourth-order valence-corrected chi connectivity index (χ4v) is 1.52. The quantitative estimate of drug-likeness (QED) is 0.455. The minimum Gasteiger partial charge on any atom is -0.379 e. The Kier molecular flexibility index (Phi) is 3.87. The van der Waals surface area contributed by atoms with Gasteiger partial charge in [0.25, 0.3) is 0 Å². The van der Waals surface area contributed by atoms with Gasteiger partial charge in [-0.1, -0.05) is 0 Å². The van der Waals surface area contributed by atoms with E-state index >= 15 is 0 Å². The summed E-state index contributed by atoms with van der Waals surface area (Å²) in [6.07, 6.45) is 0.956. The second-order valence-corrected chi connectivity index (χ2v) is 4.40. The number of hydrogen-bond acceptors (Lipinski definition) is 1. The van der Waals surface area contributed by atoms with Gasteiger partial charge in [0, 0.05) is 12.5 Å². The summed E-state index contributed by atoms with van der Waals surface area (Å²) in [5.74, 6) is 6.13. The van der Waals surface area contributed by atoms with Crippen molar-refractivity contribution in [3.63, 3.8) is 0 Å².